The van der Waals surface area contributed by atoms with Crippen molar-refractivity contribution in [2.24, 2.45) is 0 Å². The van der Waals surface area contributed by atoms with Crippen molar-refractivity contribution in [2.75, 3.05) is 19.4 Å². The fraction of sp³-hybridized carbons (Fsp3) is 0.500. The van der Waals surface area contributed by atoms with E-state index in [-0.39, 0.29) is 23.5 Å². The molecule has 0 saturated carbocycles. The van der Waals surface area contributed by atoms with Crippen LogP contribution < -0.4 is 5.32 Å². The number of ether oxygens (including phenoxy) is 1. The molecule has 1 aliphatic rings. The summed E-state index contributed by atoms with van der Waals surface area (Å²) in [6, 6.07) is 6.63. The van der Waals surface area contributed by atoms with E-state index >= 15 is 0 Å². The number of hydrogen-bond acceptors (Lipinski definition) is 4. The van der Waals surface area contributed by atoms with Gasteiger partial charge in [0.15, 0.2) is 9.84 Å². The van der Waals surface area contributed by atoms with E-state index in [0.717, 1.165) is 12.8 Å². The van der Waals surface area contributed by atoms with Crippen LogP contribution in [-0.2, 0) is 20.3 Å². The van der Waals surface area contributed by atoms with E-state index in [0.29, 0.717) is 17.7 Å². The molecular formula is C14H19NO4S. The van der Waals surface area contributed by atoms with E-state index in [1.54, 1.807) is 31.3 Å². The molecule has 1 heterocycles. The van der Waals surface area contributed by atoms with Crippen LogP contribution in [-0.4, -0.2) is 39.8 Å². The van der Waals surface area contributed by atoms with Crippen LogP contribution in [0.25, 0.3) is 0 Å². The van der Waals surface area contributed by atoms with E-state index in [2.05, 4.69) is 5.32 Å². The van der Waals surface area contributed by atoms with Gasteiger partial charge < -0.3 is 10.1 Å². The maximum atomic E-state index is 12.1. The number of nitrogens with one attached hydrogen (secondary N) is 1. The first-order valence-corrected chi connectivity index (χ1v) is 8.45. The maximum absolute atomic E-state index is 12.1. The summed E-state index contributed by atoms with van der Waals surface area (Å²) in [4.78, 5) is 11.4. The number of amides is 1. The molecule has 0 radical (unpaired) electrons. The summed E-state index contributed by atoms with van der Waals surface area (Å²) in [6.07, 6.45) is 1.58. The number of sulfone groups is 1. The zero-order valence-corrected chi connectivity index (χ0v) is 12.3. The van der Waals surface area contributed by atoms with Gasteiger partial charge in [0.1, 0.15) is 0 Å². The second-order valence-corrected chi connectivity index (χ2v) is 7.07. The Hall–Kier alpha value is -1.40. The molecule has 6 heteroatoms. The highest BCUT2D eigenvalue weighted by molar-refractivity contribution is 7.90. The minimum Gasteiger partial charge on any atom is -0.377 e. The minimum absolute atomic E-state index is 0.0130. The SMILES string of the molecule is CNC(=O)c1ccc(CS(=O)(=O)CC2CCCO2)cc1. The molecule has 2 rings (SSSR count). The van der Waals surface area contributed by atoms with Gasteiger partial charge in [0, 0.05) is 19.2 Å². The minimum atomic E-state index is -3.18. The van der Waals surface area contributed by atoms with Gasteiger partial charge in [-0.2, -0.15) is 0 Å². The van der Waals surface area contributed by atoms with Gasteiger partial charge in [0.05, 0.1) is 17.6 Å². The molecule has 1 saturated heterocycles. The van der Waals surface area contributed by atoms with Crippen LogP contribution in [0.15, 0.2) is 24.3 Å². The second kappa shape index (κ2) is 6.37. The van der Waals surface area contributed by atoms with Crippen molar-refractivity contribution in [1.29, 1.82) is 0 Å². The molecular weight excluding hydrogens is 278 g/mol. The summed E-state index contributed by atoms with van der Waals surface area (Å²) >= 11 is 0. The zero-order valence-electron chi connectivity index (χ0n) is 11.5. The Morgan fingerprint density at radius 2 is 2.05 bits per heavy atom. The first-order chi connectivity index (χ1) is 9.50. The summed E-state index contributed by atoms with van der Waals surface area (Å²) in [5.41, 5.74) is 1.21. The molecule has 1 amide bonds. The maximum Gasteiger partial charge on any atom is 0.251 e. The molecule has 1 N–H and O–H groups in total. The van der Waals surface area contributed by atoms with Gasteiger partial charge in [-0.15, -0.1) is 0 Å². The second-order valence-electron chi connectivity index (χ2n) is 4.97. The summed E-state index contributed by atoms with van der Waals surface area (Å²) in [7, 11) is -1.62. The van der Waals surface area contributed by atoms with Crippen LogP contribution >= 0.6 is 0 Å². The fourth-order valence-electron chi connectivity index (χ4n) is 2.27. The molecule has 1 fully saturated rings. The lowest BCUT2D eigenvalue weighted by atomic mass is 10.1. The molecule has 0 bridgehead atoms. The Morgan fingerprint density at radius 1 is 1.35 bits per heavy atom. The van der Waals surface area contributed by atoms with Gasteiger partial charge in [0.25, 0.3) is 5.91 Å². The van der Waals surface area contributed by atoms with Crippen LogP contribution in [0.4, 0.5) is 0 Å². The van der Waals surface area contributed by atoms with E-state index in [9.17, 15) is 13.2 Å². The van der Waals surface area contributed by atoms with Gasteiger partial charge in [0.2, 0.25) is 0 Å². The van der Waals surface area contributed by atoms with Gasteiger partial charge in [-0.3, -0.25) is 4.79 Å². The third-order valence-corrected chi connectivity index (χ3v) is 4.95. The largest absolute Gasteiger partial charge is 0.377 e. The Kier molecular flexibility index (Phi) is 4.77. The summed E-state index contributed by atoms with van der Waals surface area (Å²) < 4.78 is 29.5. The van der Waals surface area contributed by atoms with Gasteiger partial charge in [-0.05, 0) is 30.5 Å². The third-order valence-electron chi connectivity index (χ3n) is 3.29. The Bertz CT molecular complexity index is 559. The average Bonchev–Trinajstić information content (AvgIpc) is 2.90. The van der Waals surface area contributed by atoms with Crippen molar-refractivity contribution >= 4 is 15.7 Å². The summed E-state index contributed by atoms with van der Waals surface area (Å²) in [5.74, 6) is -0.121. The van der Waals surface area contributed by atoms with E-state index < -0.39 is 9.84 Å². The molecule has 1 aliphatic heterocycles. The van der Waals surface area contributed by atoms with Crippen LogP contribution in [0.3, 0.4) is 0 Å². The Labute approximate surface area is 119 Å². The van der Waals surface area contributed by atoms with E-state index in [1.807, 2.05) is 0 Å². The molecule has 20 heavy (non-hydrogen) atoms. The van der Waals surface area contributed by atoms with Crippen molar-refractivity contribution in [2.45, 2.75) is 24.7 Å². The van der Waals surface area contributed by atoms with Crippen molar-refractivity contribution in [3.8, 4) is 0 Å². The lowest BCUT2D eigenvalue weighted by Crippen LogP contribution is -2.21. The predicted molar refractivity (Wildman–Crippen MR) is 76.3 cm³/mol. The molecule has 1 aromatic carbocycles. The molecule has 5 nitrogen and oxygen atoms in total. The van der Waals surface area contributed by atoms with Crippen molar-refractivity contribution in [1.82, 2.24) is 5.32 Å². The third kappa shape index (κ3) is 4.05. The van der Waals surface area contributed by atoms with Crippen molar-refractivity contribution in [3.05, 3.63) is 35.4 Å². The standard InChI is InChI=1S/C14H19NO4S/c1-15-14(16)12-6-4-11(5-7-12)9-20(17,18)10-13-3-2-8-19-13/h4-7,13H,2-3,8-10H2,1H3,(H,15,16). The smallest absolute Gasteiger partial charge is 0.251 e. The first-order valence-electron chi connectivity index (χ1n) is 6.63. The molecule has 110 valence electrons. The monoisotopic (exact) mass is 297 g/mol. The quantitative estimate of drug-likeness (QED) is 0.884. The van der Waals surface area contributed by atoms with Gasteiger partial charge in [-0.25, -0.2) is 8.42 Å². The summed E-state index contributed by atoms with van der Waals surface area (Å²) in [6.45, 7) is 0.654. The van der Waals surface area contributed by atoms with Crippen LogP contribution in [0, 0.1) is 0 Å². The predicted octanol–water partition coefficient (Wildman–Crippen LogP) is 1.14. The highest BCUT2D eigenvalue weighted by atomic mass is 32.2. The zero-order chi connectivity index (χ0) is 14.6. The van der Waals surface area contributed by atoms with Crippen LogP contribution in [0.5, 0.6) is 0 Å². The number of benzene rings is 1. The number of hydrogen-bond donors (Lipinski definition) is 1. The number of rotatable bonds is 5. The Morgan fingerprint density at radius 3 is 2.60 bits per heavy atom. The molecule has 0 aromatic heterocycles. The molecule has 0 spiro atoms. The van der Waals surface area contributed by atoms with Crippen LogP contribution in [0.1, 0.15) is 28.8 Å². The highest BCUT2D eigenvalue weighted by Gasteiger charge is 2.23. The van der Waals surface area contributed by atoms with Crippen LogP contribution in [0.2, 0.25) is 0 Å². The highest BCUT2D eigenvalue weighted by Crippen LogP contribution is 2.17. The van der Waals surface area contributed by atoms with Gasteiger partial charge >= 0.3 is 0 Å². The normalized spacial score (nSPS) is 18.9. The fourth-order valence-corrected chi connectivity index (χ4v) is 3.92. The van der Waals surface area contributed by atoms with E-state index in [1.165, 1.54) is 0 Å². The lowest BCUT2D eigenvalue weighted by molar-refractivity contribution is 0.0963. The van der Waals surface area contributed by atoms with E-state index in [4.69, 9.17) is 4.74 Å². The summed E-state index contributed by atoms with van der Waals surface area (Å²) in [5, 5.41) is 2.52. The topological polar surface area (TPSA) is 72.5 Å². The number of carbonyl (C=O) groups excluding carboxylic acids is 1. The van der Waals surface area contributed by atoms with Crippen molar-refractivity contribution < 1.29 is 17.9 Å². The average molecular weight is 297 g/mol. The molecule has 1 unspecified atom stereocenters. The molecule has 0 aliphatic carbocycles. The van der Waals surface area contributed by atoms with Gasteiger partial charge in [-0.1, -0.05) is 12.1 Å². The Balaban J connectivity index is 1.99. The number of carbonyl (C=O) groups is 1. The first kappa shape index (κ1) is 15.0. The lowest BCUT2D eigenvalue weighted by Gasteiger charge is -2.10. The molecule has 1 aromatic rings. The van der Waals surface area contributed by atoms with Crippen molar-refractivity contribution in [3.63, 3.8) is 0 Å². The molecule has 1 atom stereocenters.